The van der Waals surface area contributed by atoms with Crippen molar-refractivity contribution >= 4 is 17.9 Å². The first-order valence-corrected chi connectivity index (χ1v) is 7.43. The van der Waals surface area contributed by atoms with E-state index in [0.29, 0.717) is 13.0 Å². The molecule has 1 aliphatic heterocycles. The van der Waals surface area contributed by atoms with Gasteiger partial charge in [0.1, 0.15) is 6.04 Å². The topological polar surface area (TPSA) is 87.7 Å². The number of carbonyl (C=O) groups excluding carboxylic acids is 3. The Kier molecular flexibility index (Phi) is 5.03. The number of methoxy groups -OCH3 is 1. The van der Waals surface area contributed by atoms with Crippen molar-refractivity contribution in [2.45, 2.75) is 57.2 Å². The van der Waals surface area contributed by atoms with Gasteiger partial charge >= 0.3 is 6.09 Å². The molecule has 3 amide bonds. The lowest BCUT2D eigenvalue weighted by molar-refractivity contribution is -0.132. The van der Waals surface area contributed by atoms with Gasteiger partial charge in [0, 0.05) is 25.6 Å². The molecule has 1 heterocycles. The van der Waals surface area contributed by atoms with Gasteiger partial charge in [-0.05, 0) is 32.1 Å². The summed E-state index contributed by atoms with van der Waals surface area (Å²) in [6.45, 7) is 2.20. The number of likely N-dealkylation sites (tertiary alicyclic amines) is 1. The van der Waals surface area contributed by atoms with Crippen LogP contribution < -0.4 is 10.6 Å². The fraction of sp³-hybridized carbons (Fsp3) is 0.786. The molecule has 0 bridgehead atoms. The number of carbonyl (C=O) groups is 3. The normalized spacial score (nSPS) is 29.1. The summed E-state index contributed by atoms with van der Waals surface area (Å²) in [6, 6.07) is -0.0297. The molecule has 7 heteroatoms. The summed E-state index contributed by atoms with van der Waals surface area (Å²) in [5.74, 6) is -0.0265. The summed E-state index contributed by atoms with van der Waals surface area (Å²) in [5.41, 5.74) is 0. The maximum Gasteiger partial charge on any atom is 0.407 e. The average molecular weight is 297 g/mol. The summed E-state index contributed by atoms with van der Waals surface area (Å²) in [6.07, 6.45) is 3.62. The molecule has 2 aliphatic rings. The Morgan fingerprint density at radius 2 is 1.81 bits per heavy atom. The second-order valence-corrected chi connectivity index (χ2v) is 5.71. The van der Waals surface area contributed by atoms with Crippen LogP contribution in [0.25, 0.3) is 0 Å². The summed E-state index contributed by atoms with van der Waals surface area (Å²) in [5, 5.41) is 5.50. The largest absolute Gasteiger partial charge is 0.453 e. The number of rotatable bonds is 3. The van der Waals surface area contributed by atoms with E-state index in [4.69, 9.17) is 0 Å². The summed E-state index contributed by atoms with van der Waals surface area (Å²) >= 11 is 0. The Balaban J connectivity index is 1.83. The minimum absolute atomic E-state index is 0.00181. The van der Waals surface area contributed by atoms with Gasteiger partial charge in [-0.15, -0.1) is 0 Å². The zero-order valence-electron chi connectivity index (χ0n) is 12.6. The number of nitrogens with zero attached hydrogens (tertiary/aromatic N) is 1. The smallest absolute Gasteiger partial charge is 0.407 e. The minimum atomic E-state index is -0.565. The van der Waals surface area contributed by atoms with E-state index in [-0.39, 0.29) is 23.9 Å². The van der Waals surface area contributed by atoms with Crippen molar-refractivity contribution in [1.82, 2.24) is 15.5 Å². The molecule has 1 aliphatic carbocycles. The van der Waals surface area contributed by atoms with Gasteiger partial charge in [0.15, 0.2) is 0 Å². The Hall–Kier alpha value is -1.79. The number of amides is 3. The van der Waals surface area contributed by atoms with E-state index in [0.717, 1.165) is 25.7 Å². The van der Waals surface area contributed by atoms with Gasteiger partial charge in [0.05, 0.1) is 7.11 Å². The molecule has 7 nitrogen and oxygen atoms in total. The van der Waals surface area contributed by atoms with Crippen molar-refractivity contribution in [2.24, 2.45) is 0 Å². The van der Waals surface area contributed by atoms with Crippen LogP contribution in [0.4, 0.5) is 4.79 Å². The molecule has 0 aromatic heterocycles. The molecule has 0 aromatic carbocycles. The lowest BCUT2D eigenvalue weighted by Gasteiger charge is -2.34. The highest BCUT2D eigenvalue weighted by molar-refractivity contribution is 5.87. The van der Waals surface area contributed by atoms with E-state index >= 15 is 0 Å². The standard InChI is InChI=1S/C14H23N3O4/c1-9(18)15-10-3-5-11(6-4-10)17-8-7-12(13(17)19)16-14(20)21-2/h10-12H,3-8H2,1-2H3,(H,15,18)(H,16,20)/t10?,11?,12-/m0/s1. The summed E-state index contributed by atoms with van der Waals surface area (Å²) < 4.78 is 4.53. The fourth-order valence-corrected chi connectivity index (χ4v) is 3.22. The Bertz CT molecular complexity index is 418. The lowest BCUT2D eigenvalue weighted by Crippen LogP contribution is -2.47. The molecule has 1 saturated heterocycles. The van der Waals surface area contributed by atoms with Crippen molar-refractivity contribution in [3.63, 3.8) is 0 Å². The molecular weight excluding hydrogens is 274 g/mol. The van der Waals surface area contributed by atoms with Gasteiger partial charge in [-0.25, -0.2) is 4.79 Å². The summed E-state index contributed by atoms with van der Waals surface area (Å²) in [7, 11) is 1.29. The number of alkyl carbamates (subject to hydrolysis) is 1. The van der Waals surface area contributed by atoms with Crippen molar-refractivity contribution in [1.29, 1.82) is 0 Å². The monoisotopic (exact) mass is 297 g/mol. The Labute approximate surface area is 124 Å². The third kappa shape index (κ3) is 3.86. The maximum atomic E-state index is 12.3. The molecule has 0 radical (unpaired) electrons. The number of ether oxygens (including phenoxy) is 1. The SMILES string of the molecule is COC(=O)N[C@H]1CCN(C2CCC(NC(C)=O)CC2)C1=O. The molecular formula is C14H23N3O4. The van der Waals surface area contributed by atoms with Crippen LogP contribution in [-0.2, 0) is 14.3 Å². The van der Waals surface area contributed by atoms with Crippen LogP contribution in [0.3, 0.4) is 0 Å². The highest BCUT2D eigenvalue weighted by Gasteiger charge is 2.38. The van der Waals surface area contributed by atoms with Crippen molar-refractivity contribution in [3.05, 3.63) is 0 Å². The van der Waals surface area contributed by atoms with Gasteiger partial charge < -0.3 is 20.3 Å². The van der Waals surface area contributed by atoms with E-state index < -0.39 is 12.1 Å². The third-order valence-corrected chi connectivity index (χ3v) is 4.26. The first-order chi connectivity index (χ1) is 10.0. The Morgan fingerprint density at radius 3 is 2.38 bits per heavy atom. The molecule has 0 aromatic rings. The van der Waals surface area contributed by atoms with Gasteiger partial charge in [0.25, 0.3) is 0 Å². The molecule has 1 atom stereocenters. The van der Waals surface area contributed by atoms with E-state index in [1.165, 1.54) is 14.0 Å². The quantitative estimate of drug-likeness (QED) is 0.789. The van der Waals surface area contributed by atoms with E-state index in [9.17, 15) is 14.4 Å². The van der Waals surface area contributed by atoms with Crippen molar-refractivity contribution in [2.75, 3.05) is 13.7 Å². The van der Waals surface area contributed by atoms with Crippen LogP contribution >= 0.6 is 0 Å². The molecule has 2 rings (SSSR count). The van der Waals surface area contributed by atoms with Crippen molar-refractivity contribution < 1.29 is 19.1 Å². The van der Waals surface area contributed by atoms with Crippen LogP contribution in [0.2, 0.25) is 0 Å². The van der Waals surface area contributed by atoms with Crippen LogP contribution in [0.1, 0.15) is 39.0 Å². The molecule has 1 saturated carbocycles. The molecule has 2 fully saturated rings. The zero-order chi connectivity index (χ0) is 15.4. The average Bonchev–Trinajstić information content (AvgIpc) is 2.80. The van der Waals surface area contributed by atoms with Crippen LogP contribution in [0.5, 0.6) is 0 Å². The lowest BCUT2D eigenvalue weighted by atomic mass is 9.90. The van der Waals surface area contributed by atoms with Gasteiger partial charge in [0.2, 0.25) is 11.8 Å². The van der Waals surface area contributed by atoms with Crippen LogP contribution in [0.15, 0.2) is 0 Å². The van der Waals surface area contributed by atoms with E-state index in [1.54, 1.807) is 0 Å². The third-order valence-electron chi connectivity index (χ3n) is 4.26. The fourth-order valence-electron chi connectivity index (χ4n) is 3.22. The molecule has 118 valence electrons. The predicted molar refractivity (Wildman–Crippen MR) is 75.5 cm³/mol. The van der Waals surface area contributed by atoms with E-state index in [1.807, 2.05) is 4.90 Å². The van der Waals surface area contributed by atoms with Gasteiger partial charge in [-0.3, -0.25) is 9.59 Å². The first-order valence-electron chi connectivity index (χ1n) is 7.43. The van der Waals surface area contributed by atoms with Gasteiger partial charge in [-0.1, -0.05) is 0 Å². The summed E-state index contributed by atoms with van der Waals surface area (Å²) in [4.78, 5) is 36.4. The second-order valence-electron chi connectivity index (χ2n) is 5.71. The molecule has 2 N–H and O–H groups in total. The molecule has 0 unspecified atom stereocenters. The Morgan fingerprint density at radius 1 is 1.14 bits per heavy atom. The maximum absolute atomic E-state index is 12.3. The number of hydrogen-bond acceptors (Lipinski definition) is 4. The molecule has 0 spiro atoms. The number of hydrogen-bond donors (Lipinski definition) is 2. The predicted octanol–water partition coefficient (Wildman–Crippen LogP) is 0.391. The van der Waals surface area contributed by atoms with E-state index in [2.05, 4.69) is 15.4 Å². The minimum Gasteiger partial charge on any atom is -0.453 e. The van der Waals surface area contributed by atoms with Gasteiger partial charge in [-0.2, -0.15) is 0 Å². The molecule has 21 heavy (non-hydrogen) atoms. The highest BCUT2D eigenvalue weighted by Crippen LogP contribution is 2.27. The van der Waals surface area contributed by atoms with Crippen LogP contribution in [0, 0.1) is 0 Å². The van der Waals surface area contributed by atoms with Crippen LogP contribution in [-0.4, -0.2) is 54.6 Å². The number of nitrogens with one attached hydrogen (secondary N) is 2. The van der Waals surface area contributed by atoms with Crippen molar-refractivity contribution in [3.8, 4) is 0 Å². The first kappa shape index (κ1) is 15.6. The zero-order valence-corrected chi connectivity index (χ0v) is 12.6. The second kappa shape index (κ2) is 6.78. The highest BCUT2D eigenvalue weighted by atomic mass is 16.5.